The van der Waals surface area contributed by atoms with Crippen LogP contribution in [0, 0.1) is 11.6 Å². The van der Waals surface area contributed by atoms with Gasteiger partial charge in [0.05, 0.1) is 0 Å². The first-order valence-electron chi connectivity index (χ1n) is 4.80. The topological polar surface area (TPSA) is 89.8 Å². The van der Waals surface area contributed by atoms with Crippen LogP contribution in [0.15, 0.2) is 18.2 Å². The first-order valence-corrected chi connectivity index (χ1v) is 4.80. The van der Waals surface area contributed by atoms with Crippen molar-refractivity contribution in [2.24, 2.45) is 0 Å². The number of hydrogen-bond acceptors (Lipinski definition) is 4. The minimum absolute atomic E-state index is 0.848. The van der Waals surface area contributed by atoms with Crippen molar-refractivity contribution >= 4 is 12.7 Å². The van der Waals surface area contributed by atoms with Crippen LogP contribution in [-0.4, -0.2) is 33.7 Å². The molecule has 1 amide bonds. The molecule has 0 heterocycles. The zero-order valence-electron chi connectivity index (χ0n) is 8.89. The molecule has 0 saturated carbocycles. The van der Waals surface area contributed by atoms with Gasteiger partial charge in [-0.15, -0.1) is 0 Å². The minimum Gasteiger partial charge on any atom is -0.558 e. The minimum atomic E-state index is -3.80. The first kappa shape index (κ1) is 13.6. The van der Waals surface area contributed by atoms with Crippen molar-refractivity contribution in [1.29, 1.82) is 0 Å². The lowest BCUT2D eigenvalue weighted by Crippen LogP contribution is -2.56. The van der Waals surface area contributed by atoms with Crippen LogP contribution in [0.3, 0.4) is 0 Å². The highest BCUT2D eigenvalue weighted by atomic mass is 19.1. The number of carbonyl (C=O) groups excluding carboxylic acids is 1. The molecule has 94 valence electrons. The van der Waals surface area contributed by atoms with E-state index in [1.165, 1.54) is 0 Å². The van der Waals surface area contributed by atoms with E-state index >= 15 is 0 Å². The Balaban J connectivity index is 2.92. The summed E-state index contributed by atoms with van der Waals surface area (Å²) in [6.07, 6.45) is 0. The summed E-state index contributed by atoms with van der Waals surface area (Å²) < 4.78 is 26.3. The van der Waals surface area contributed by atoms with Gasteiger partial charge in [-0.25, -0.2) is 8.78 Å². The Bertz CT molecular complexity index is 415. The molecule has 17 heavy (non-hydrogen) atoms. The summed E-state index contributed by atoms with van der Waals surface area (Å²) in [4.78, 5) is 11.4. The van der Waals surface area contributed by atoms with E-state index in [9.17, 15) is 13.6 Å². The third-order valence-electron chi connectivity index (χ3n) is 2.22. The fourth-order valence-electron chi connectivity index (χ4n) is 1.11. The van der Waals surface area contributed by atoms with Crippen LogP contribution in [-0.2, 0) is 0 Å². The molecule has 0 aromatic heterocycles. The summed E-state index contributed by atoms with van der Waals surface area (Å²) in [5, 5.41) is 28.3. The number of carbonyl (C=O) groups is 1. The molecule has 0 fully saturated rings. The van der Waals surface area contributed by atoms with Crippen LogP contribution in [0.2, 0.25) is 0 Å². The van der Waals surface area contributed by atoms with Crippen molar-refractivity contribution in [3.63, 3.8) is 0 Å². The maximum absolute atomic E-state index is 13.2. The Hall–Kier alpha value is -1.51. The van der Waals surface area contributed by atoms with Gasteiger partial charge in [0.15, 0.2) is 0 Å². The molecule has 1 aromatic rings. The van der Waals surface area contributed by atoms with Crippen LogP contribution < -0.4 is 5.32 Å². The molecule has 0 bridgehead atoms. The number of rotatable bonds is 3. The van der Waals surface area contributed by atoms with Gasteiger partial charge < -0.3 is 20.4 Å². The first-order chi connectivity index (χ1) is 7.73. The van der Waals surface area contributed by atoms with Gasteiger partial charge in [-0.1, -0.05) is 13.0 Å². The second-order valence-corrected chi connectivity index (χ2v) is 3.65. The summed E-state index contributed by atoms with van der Waals surface area (Å²) >= 11 is 0. The number of amides is 1. The molecule has 0 saturated heterocycles. The highest BCUT2D eigenvalue weighted by Gasteiger charge is 2.28. The highest BCUT2D eigenvalue weighted by molar-refractivity contribution is 6.58. The summed E-state index contributed by atoms with van der Waals surface area (Å²) in [6.45, 7) is -2.72. The van der Waals surface area contributed by atoms with Gasteiger partial charge in [-0.05, 0) is 18.1 Å². The molecule has 0 aliphatic heterocycles. The lowest BCUT2D eigenvalue weighted by atomic mass is 9.71. The Labute approximate surface area is 95.7 Å². The smallest absolute Gasteiger partial charge is 0.393 e. The third-order valence-corrected chi connectivity index (χ3v) is 2.22. The maximum atomic E-state index is 13.2. The molecule has 8 heteroatoms. The molecule has 1 rings (SSSR count). The van der Waals surface area contributed by atoms with Crippen molar-refractivity contribution in [1.82, 2.24) is 5.32 Å². The zero-order valence-corrected chi connectivity index (χ0v) is 8.89. The van der Waals surface area contributed by atoms with Gasteiger partial charge in [0, 0.05) is 0 Å². The second-order valence-electron chi connectivity index (χ2n) is 3.65. The fraction of sp³-hybridized carbons (Fsp3) is 0.222. The predicted molar refractivity (Wildman–Crippen MR) is 55.7 cm³/mol. The molecule has 0 radical (unpaired) electrons. The van der Waals surface area contributed by atoms with Gasteiger partial charge in [-0.3, -0.25) is 4.79 Å². The summed E-state index contributed by atoms with van der Waals surface area (Å²) in [6, 6.07) is 2.86. The standard InChI is InChI=1S/C9H11BF2NO4/c1-5(10(15,16)17)13-9(14)8-6(11)3-2-4-7(8)12/h2-5,15-17H,1H3,(H,13,14)/q-1/t5-/m1/s1. The second kappa shape index (κ2) is 4.78. The predicted octanol–water partition coefficient (Wildman–Crippen LogP) is -0.462. The maximum Gasteiger partial charge on any atom is 0.393 e. The van der Waals surface area contributed by atoms with E-state index in [4.69, 9.17) is 15.1 Å². The van der Waals surface area contributed by atoms with Crippen LogP contribution in [0.25, 0.3) is 0 Å². The van der Waals surface area contributed by atoms with Crippen LogP contribution >= 0.6 is 0 Å². The lowest BCUT2D eigenvalue weighted by molar-refractivity contribution is 0.0920. The average Bonchev–Trinajstić information content (AvgIpc) is 2.15. The van der Waals surface area contributed by atoms with Crippen LogP contribution in [0.4, 0.5) is 8.78 Å². The van der Waals surface area contributed by atoms with Gasteiger partial charge in [0.1, 0.15) is 17.2 Å². The number of nitrogens with one attached hydrogen (secondary N) is 1. The number of hydrogen-bond donors (Lipinski definition) is 4. The van der Waals surface area contributed by atoms with Crippen LogP contribution in [0.5, 0.6) is 0 Å². The van der Waals surface area contributed by atoms with E-state index in [0.29, 0.717) is 0 Å². The van der Waals surface area contributed by atoms with Crippen LogP contribution in [0.1, 0.15) is 17.3 Å². The normalized spacial score (nSPS) is 13.3. The van der Waals surface area contributed by atoms with Gasteiger partial charge in [-0.2, -0.15) is 0 Å². The van der Waals surface area contributed by atoms with Crippen molar-refractivity contribution in [3.05, 3.63) is 35.4 Å². The van der Waals surface area contributed by atoms with Gasteiger partial charge in [0.2, 0.25) is 0 Å². The summed E-state index contributed by atoms with van der Waals surface area (Å²) in [5.41, 5.74) is -0.848. The molecule has 5 nitrogen and oxygen atoms in total. The number of benzene rings is 1. The molecule has 1 aromatic carbocycles. The van der Waals surface area contributed by atoms with Crippen molar-refractivity contribution in [3.8, 4) is 0 Å². The van der Waals surface area contributed by atoms with E-state index in [2.05, 4.69) is 0 Å². The van der Waals surface area contributed by atoms with E-state index in [1.807, 2.05) is 5.32 Å². The average molecular weight is 246 g/mol. The summed E-state index contributed by atoms with van der Waals surface area (Å²) in [7, 11) is 0. The zero-order chi connectivity index (χ0) is 13.2. The molecular formula is C9H11BF2NO4-. The third kappa shape index (κ3) is 3.22. The Kier molecular flexibility index (Phi) is 3.81. The monoisotopic (exact) mass is 246 g/mol. The Morgan fingerprint density at radius 1 is 1.29 bits per heavy atom. The fourth-order valence-corrected chi connectivity index (χ4v) is 1.11. The van der Waals surface area contributed by atoms with Crippen molar-refractivity contribution < 1.29 is 28.6 Å². The molecule has 0 unspecified atom stereocenters. The molecular weight excluding hydrogens is 235 g/mol. The number of halogens is 2. The van der Waals surface area contributed by atoms with Gasteiger partial charge >= 0.3 is 6.75 Å². The molecule has 0 spiro atoms. The SMILES string of the molecule is C[C@@H](NC(=O)c1c(F)cccc1F)[B-](O)(O)O. The molecule has 0 aliphatic rings. The van der Waals surface area contributed by atoms with Crippen molar-refractivity contribution in [2.75, 3.05) is 0 Å². The quantitative estimate of drug-likeness (QED) is 0.543. The molecule has 1 atom stereocenters. The van der Waals surface area contributed by atoms with Gasteiger partial charge in [0.25, 0.3) is 5.91 Å². The van der Waals surface area contributed by atoms with E-state index in [0.717, 1.165) is 25.1 Å². The molecule has 4 N–H and O–H groups in total. The van der Waals surface area contributed by atoms with E-state index in [-0.39, 0.29) is 0 Å². The summed E-state index contributed by atoms with van der Waals surface area (Å²) in [5.74, 6) is -4.80. The molecule has 0 aliphatic carbocycles. The van der Waals surface area contributed by atoms with Crippen molar-refractivity contribution in [2.45, 2.75) is 12.9 Å². The lowest BCUT2D eigenvalue weighted by Gasteiger charge is -2.29. The van der Waals surface area contributed by atoms with E-state index in [1.54, 1.807) is 0 Å². The highest BCUT2D eigenvalue weighted by Crippen LogP contribution is 2.12. The van der Waals surface area contributed by atoms with E-state index < -0.39 is 35.8 Å². The largest absolute Gasteiger partial charge is 0.558 e. The Morgan fingerprint density at radius 2 is 1.76 bits per heavy atom. The Morgan fingerprint density at radius 3 is 2.18 bits per heavy atom.